The van der Waals surface area contributed by atoms with Gasteiger partial charge in [-0.1, -0.05) is 13.8 Å². The Labute approximate surface area is 116 Å². The first-order valence-electron chi connectivity index (χ1n) is 6.97. The van der Waals surface area contributed by atoms with Gasteiger partial charge >= 0.3 is 7.60 Å². The van der Waals surface area contributed by atoms with Crippen LogP contribution >= 0.6 is 7.60 Å². The average molecular weight is 290 g/mol. The number of aryl methyl sites for hydroxylation is 2. The summed E-state index contributed by atoms with van der Waals surface area (Å²) < 4.78 is 24.6. The van der Waals surface area contributed by atoms with Crippen LogP contribution in [0.5, 0.6) is 0 Å². The quantitative estimate of drug-likeness (QED) is 0.682. The first-order valence-corrected chi connectivity index (χ1v) is 8.70. The Hall–Kier alpha value is -0.640. The van der Waals surface area contributed by atoms with E-state index in [1.165, 1.54) is 0 Å². The molecule has 1 heterocycles. The molecule has 0 aliphatic rings. The second-order valence-corrected chi connectivity index (χ2v) is 5.88. The van der Waals surface area contributed by atoms with E-state index in [0.29, 0.717) is 19.4 Å². The molecule has 0 radical (unpaired) electrons. The van der Waals surface area contributed by atoms with Gasteiger partial charge in [0.05, 0.1) is 19.4 Å². The predicted molar refractivity (Wildman–Crippen MR) is 78.7 cm³/mol. The maximum atomic E-state index is 12.2. The van der Waals surface area contributed by atoms with Crippen LogP contribution in [0.2, 0.25) is 0 Å². The fourth-order valence-electron chi connectivity index (χ4n) is 1.63. The number of nitrogens with zero attached hydrogens (tertiary/aromatic N) is 2. The van der Waals surface area contributed by atoms with E-state index in [-0.39, 0.29) is 0 Å². The lowest BCUT2D eigenvalue weighted by atomic mass is 10.4. The maximum Gasteiger partial charge on any atom is 0.330 e. The van der Waals surface area contributed by atoms with Gasteiger partial charge < -0.3 is 13.6 Å². The molecule has 1 rings (SSSR count). The van der Waals surface area contributed by atoms with E-state index < -0.39 is 7.60 Å². The van der Waals surface area contributed by atoms with Crippen molar-refractivity contribution in [2.75, 3.05) is 19.4 Å². The van der Waals surface area contributed by atoms with E-state index in [1.807, 2.05) is 45.4 Å². The van der Waals surface area contributed by atoms with Crippen molar-refractivity contribution in [3.63, 3.8) is 0 Å². The van der Waals surface area contributed by atoms with Gasteiger partial charge in [-0.3, -0.25) is 4.57 Å². The molecule has 1 aromatic rings. The molecule has 0 N–H and O–H groups in total. The van der Waals surface area contributed by atoms with Crippen LogP contribution in [0.25, 0.3) is 0 Å². The molecular weight excluding hydrogens is 263 g/mol. The Kier molecular flexibility index (Phi) is 9.84. The van der Waals surface area contributed by atoms with E-state index in [0.717, 1.165) is 18.8 Å². The lowest BCUT2D eigenvalue weighted by Crippen LogP contribution is -2.05. The highest BCUT2D eigenvalue weighted by atomic mass is 31.2. The lowest BCUT2D eigenvalue weighted by Gasteiger charge is -2.16. The van der Waals surface area contributed by atoms with Crippen molar-refractivity contribution in [3.05, 3.63) is 18.2 Å². The summed E-state index contributed by atoms with van der Waals surface area (Å²) in [6.45, 7) is 11.2. The highest BCUT2D eigenvalue weighted by molar-refractivity contribution is 7.53. The molecule has 0 unspecified atom stereocenters. The average Bonchev–Trinajstić information content (AvgIpc) is 2.78. The van der Waals surface area contributed by atoms with Gasteiger partial charge in [-0.25, -0.2) is 4.98 Å². The van der Waals surface area contributed by atoms with Crippen LogP contribution in [0, 0.1) is 6.92 Å². The smallest absolute Gasteiger partial charge is 0.330 e. The second kappa shape index (κ2) is 10.2. The second-order valence-electron chi connectivity index (χ2n) is 3.69. The SMILES string of the molecule is CC.CCOP(=O)(CCCn1ccnc1C)OCC. The molecule has 0 aliphatic carbocycles. The molecule has 19 heavy (non-hydrogen) atoms. The van der Waals surface area contributed by atoms with E-state index in [4.69, 9.17) is 9.05 Å². The first-order chi connectivity index (χ1) is 9.11. The highest BCUT2D eigenvalue weighted by Crippen LogP contribution is 2.48. The number of aromatic nitrogens is 2. The van der Waals surface area contributed by atoms with Gasteiger partial charge in [-0.2, -0.15) is 0 Å². The van der Waals surface area contributed by atoms with E-state index in [1.54, 1.807) is 6.20 Å². The number of rotatable bonds is 8. The zero-order chi connectivity index (χ0) is 14.7. The Morgan fingerprint density at radius 1 is 1.26 bits per heavy atom. The summed E-state index contributed by atoms with van der Waals surface area (Å²) in [6.07, 6.45) is 4.89. The molecule has 6 heteroatoms. The van der Waals surface area contributed by atoms with E-state index in [9.17, 15) is 4.57 Å². The summed E-state index contributed by atoms with van der Waals surface area (Å²) in [5.74, 6) is 0.965. The van der Waals surface area contributed by atoms with Gasteiger partial charge in [0, 0.05) is 18.9 Å². The number of imidazole rings is 1. The molecule has 0 bridgehead atoms. The zero-order valence-corrected chi connectivity index (χ0v) is 13.7. The molecule has 0 aromatic carbocycles. The van der Waals surface area contributed by atoms with Crippen LogP contribution in [-0.2, 0) is 20.2 Å². The topological polar surface area (TPSA) is 53.4 Å². The Balaban J connectivity index is 0.00000154. The van der Waals surface area contributed by atoms with Crippen molar-refractivity contribution in [2.24, 2.45) is 0 Å². The predicted octanol–water partition coefficient (Wildman–Crippen LogP) is 3.87. The van der Waals surface area contributed by atoms with Crippen LogP contribution < -0.4 is 0 Å². The molecule has 0 spiro atoms. The van der Waals surface area contributed by atoms with Crippen molar-refractivity contribution < 1.29 is 13.6 Å². The molecule has 5 nitrogen and oxygen atoms in total. The van der Waals surface area contributed by atoms with Crippen LogP contribution in [0.1, 0.15) is 39.9 Å². The van der Waals surface area contributed by atoms with Gasteiger partial charge in [0.25, 0.3) is 0 Å². The third kappa shape index (κ3) is 6.90. The van der Waals surface area contributed by atoms with Gasteiger partial charge in [0.15, 0.2) is 0 Å². The molecule has 0 aliphatic heterocycles. The fraction of sp³-hybridized carbons (Fsp3) is 0.769. The first kappa shape index (κ1) is 18.4. The minimum Gasteiger partial charge on any atom is -0.335 e. The summed E-state index contributed by atoms with van der Waals surface area (Å²) in [6, 6.07) is 0. The van der Waals surface area contributed by atoms with Crippen LogP contribution in [-0.4, -0.2) is 28.9 Å². The molecule has 0 saturated carbocycles. The molecule has 0 saturated heterocycles. The standard InChI is InChI=1S/C11H21N2O3P.C2H6/c1-4-15-17(14,16-5-2)10-6-8-13-9-7-12-11(13)3;1-2/h7,9H,4-6,8,10H2,1-3H3;1-2H3. The minimum atomic E-state index is -2.89. The van der Waals surface area contributed by atoms with E-state index >= 15 is 0 Å². The van der Waals surface area contributed by atoms with Crippen molar-refractivity contribution in [2.45, 2.75) is 47.6 Å². The Morgan fingerprint density at radius 2 is 1.84 bits per heavy atom. The van der Waals surface area contributed by atoms with Crippen molar-refractivity contribution in [1.29, 1.82) is 0 Å². The summed E-state index contributed by atoms with van der Waals surface area (Å²) in [5, 5.41) is 0. The number of hydrogen-bond donors (Lipinski definition) is 0. The van der Waals surface area contributed by atoms with Gasteiger partial charge in [-0.15, -0.1) is 0 Å². The normalized spacial score (nSPS) is 11.0. The molecule has 112 valence electrons. The largest absolute Gasteiger partial charge is 0.335 e. The summed E-state index contributed by atoms with van der Waals surface area (Å²) in [7, 11) is -2.89. The lowest BCUT2D eigenvalue weighted by molar-refractivity contribution is 0.219. The summed E-state index contributed by atoms with van der Waals surface area (Å²) >= 11 is 0. The van der Waals surface area contributed by atoms with Gasteiger partial charge in [0.2, 0.25) is 0 Å². The maximum absolute atomic E-state index is 12.2. The van der Waals surface area contributed by atoms with E-state index in [2.05, 4.69) is 4.98 Å². The highest BCUT2D eigenvalue weighted by Gasteiger charge is 2.22. The third-order valence-corrected chi connectivity index (χ3v) is 4.57. The monoisotopic (exact) mass is 290 g/mol. The van der Waals surface area contributed by atoms with Gasteiger partial charge in [0.1, 0.15) is 5.82 Å². The minimum absolute atomic E-state index is 0.418. The van der Waals surface area contributed by atoms with Crippen LogP contribution in [0.15, 0.2) is 12.4 Å². The van der Waals surface area contributed by atoms with Crippen molar-refractivity contribution >= 4 is 7.60 Å². The zero-order valence-electron chi connectivity index (χ0n) is 12.8. The molecule has 0 atom stereocenters. The van der Waals surface area contributed by atoms with Crippen LogP contribution in [0.3, 0.4) is 0 Å². The van der Waals surface area contributed by atoms with Crippen molar-refractivity contribution in [1.82, 2.24) is 9.55 Å². The fourth-order valence-corrected chi connectivity index (χ4v) is 3.28. The Bertz CT molecular complexity index is 370. The van der Waals surface area contributed by atoms with Gasteiger partial charge in [-0.05, 0) is 27.2 Å². The number of hydrogen-bond acceptors (Lipinski definition) is 4. The molecule has 1 aromatic heterocycles. The van der Waals surface area contributed by atoms with Crippen LogP contribution in [0.4, 0.5) is 0 Å². The van der Waals surface area contributed by atoms with Crippen molar-refractivity contribution in [3.8, 4) is 0 Å². The summed E-state index contributed by atoms with van der Waals surface area (Å²) in [4.78, 5) is 4.14. The molecular formula is C13H27N2O3P. The summed E-state index contributed by atoms with van der Waals surface area (Å²) in [5.41, 5.74) is 0. The Morgan fingerprint density at radius 3 is 2.26 bits per heavy atom. The molecule has 0 amide bonds. The molecule has 0 fully saturated rings. The third-order valence-electron chi connectivity index (χ3n) is 2.41.